The summed E-state index contributed by atoms with van der Waals surface area (Å²) in [6, 6.07) is 5.09. The molecule has 2 heterocycles. The Morgan fingerprint density at radius 1 is 1.47 bits per heavy atom. The molecule has 0 saturated heterocycles. The first-order chi connectivity index (χ1) is 9.00. The predicted molar refractivity (Wildman–Crippen MR) is 70.4 cm³/mol. The zero-order valence-corrected chi connectivity index (χ0v) is 10.6. The first-order valence-electron chi connectivity index (χ1n) is 5.61. The molecule has 2 aromatic heterocycles. The van der Waals surface area contributed by atoms with Crippen molar-refractivity contribution in [1.82, 2.24) is 4.68 Å². The van der Waals surface area contributed by atoms with Crippen LogP contribution in [-0.2, 0) is 0 Å². The molecule has 2 aromatic rings. The average Bonchev–Trinajstić information content (AvgIpc) is 2.80. The minimum absolute atomic E-state index is 0.0535. The van der Waals surface area contributed by atoms with E-state index in [2.05, 4.69) is 5.10 Å². The van der Waals surface area contributed by atoms with E-state index in [1.807, 2.05) is 0 Å². The number of hydrogen-bond donors (Lipinski definition) is 1. The maximum atomic E-state index is 12.1. The number of furan rings is 1. The van der Waals surface area contributed by atoms with E-state index in [1.165, 1.54) is 12.5 Å². The Balaban J connectivity index is 2.55. The predicted octanol–water partition coefficient (Wildman–Crippen LogP) is 1.04. The molecule has 0 radical (unpaired) electrons. The Hall–Kier alpha value is -2.63. The fourth-order valence-corrected chi connectivity index (χ4v) is 1.80. The topological polar surface area (TPSA) is 90.6 Å². The highest BCUT2D eigenvalue weighted by molar-refractivity contribution is 5.93. The molecular formula is C13H13N3O3. The number of aromatic nitrogens is 1. The summed E-state index contributed by atoms with van der Waals surface area (Å²) in [6.07, 6.45) is 2.90. The van der Waals surface area contributed by atoms with Gasteiger partial charge in [-0.3, -0.25) is 9.59 Å². The summed E-state index contributed by atoms with van der Waals surface area (Å²) in [6.45, 7) is 3.38. The van der Waals surface area contributed by atoms with Gasteiger partial charge in [0.25, 0.3) is 11.5 Å². The van der Waals surface area contributed by atoms with Crippen LogP contribution in [0.25, 0.3) is 0 Å². The van der Waals surface area contributed by atoms with Crippen LogP contribution in [0.2, 0.25) is 0 Å². The number of carbonyl (C=O) groups is 1. The second kappa shape index (κ2) is 4.93. The van der Waals surface area contributed by atoms with Crippen LogP contribution in [0.1, 0.15) is 27.4 Å². The molecule has 0 unspecified atom stereocenters. The van der Waals surface area contributed by atoms with Crippen LogP contribution >= 0.6 is 0 Å². The fourth-order valence-electron chi connectivity index (χ4n) is 1.80. The molecule has 0 aromatic carbocycles. The highest BCUT2D eigenvalue weighted by atomic mass is 16.3. The normalized spacial score (nSPS) is 11.1. The molecule has 19 heavy (non-hydrogen) atoms. The van der Waals surface area contributed by atoms with Crippen LogP contribution in [0, 0.1) is 13.8 Å². The summed E-state index contributed by atoms with van der Waals surface area (Å²) in [5.74, 6) is -0.253. The molecule has 6 nitrogen and oxygen atoms in total. The van der Waals surface area contributed by atoms with Crippen LogP contribution in [-0.4, -0.2) is 16.8 Å². The van der Waals surface area contributed by atoms with E-state index in [-0.39, 0.29) is 5.56 Å². The van der Waals surface area contributed by atoms with Crippen molar-refractivity contribution in [3.8, 4) is 0 Å². The summed E-state index contributed by atoms with van der Waals surface area (Å²) in [5, 5.41) is 4.01. The van der Waals surface area contributed by atoms with Crippen LogP contribution in [0.15, 0.2) is 38.8 Å². The number of pyridine rings is 1. The first kappa shape index (κ1) is 12.8. The summed E-state index contributed by atoms with van der Waals surface area (Å²) in [5.41, 5.74) is 5.76. The molecule has 2 rings (SSSR count). The van der Waals surface area contributed by atoms with Gasteiger partial charge in [-0.2, -0.15) is 5.10 Å². The molecule has 98 valence electrons. The minimum atomic E-state index is -0.760. The van der Waals surface area contributed by atoms with Gasteiger partial charge in [-0.1, -0.05) is 0 Å². The minimum Gasteiger partial charge on any atom is -0.463 e. The summed E-state index contributed by atoms with van der Waals surface area (Å²) in [7, 11) is 0. The second-order valence-electron chi connectivity index (χ2n) is 4.08. The highest BCUT2D eigenvalue weighted by Gasteiger charge is 2.14. The number of rotatable bonds is 3. The van der Waals surface area contributed by atoms with E-state index >= 15 is 0 Å². The number of primary amides is 1. The Bertz CT molecular complexity index is 697. The van der Waals surface area contributed by atoms with Crippen molar-refractivity contribution >= 4 is 12.1 Å². The lowest BCUT2D eigenvalue weighted by atomic mass is 10.1. The number of amides is 1. The van der Waals surface area contributed by atoms with Crippen LogP contribution in [0.4, 0.5) is 0 Å². The molecule has 6 heteroatoms. The van der Waals surface area contributed by atoms with E-state index in [4.69, 9.17) is 10.2 Å². The Morgan fingerprint density at radius 2 is 2.21 bits per heavy atom. The zero-order valence-electron chi connectivity index (χ0n) is 10.6. The summed E-state index contributed by atoms with van der Waals surface area (Å²) < 4.78 is 6.20. The molecule has 0 fully saturated rings. The molecule has 0 spiro atoms. The van der Waals surface area contributed by atoms with Gasteiger partial charge < -0.3 is 10.2 Å². The quantitative estimate of drug-likeness (QED) is 0.835. The molecule has 1 amide bonds. The highest BCUT2D eigenvalue weighted by Crippen LogP contribution is 2.06. The van der Waals surface area contributed by atoms with Crippen molar-refractivity contribution in [2.75, 3.05) is 0 Å². The molecule has 0 saturated carbocycles. The summed E-state index contributed by atoms with van der Waals surface area (Å²) in [4.78, 5) is 23.4. The lowest BCUT2D eigenvalue weighted by Gasteiger charge is -2.07. The number of hydrogen-bond acceptors (Lipinski definition) is 4. The van der Waals surface area contributed by atoms with Crippen LogP contribution in [0.3, 0.4) is 0 Å². The van der Waals surface area contributed by atoms with Gasteiger partial charge in [0.05, 0.1) is 12.5 Å². The van der Waals surface area contributed by atoms with Gasteiger partial charge in [0.1, 0.15) is 11.3 Å². The van der Waals surface area contributed by atoms with Gasteiger partial charge in [0.15, 0.2) is 0 Å². The standard InChI is InChI=1S/C13H13N3O3/c1-8-6-9(2)16(13(18)11(8)12(14)17)15-7-10-4-3-5-19-10/h3-7H,1-2H3,(H2,14,17). The zero-order chi connectivity index (χ0) is 14.0. The van der Waals surface area contributed by atoms with Crippen molar-refractivity contribution in [3.63, 3.8) is 0 Å². The SMILES string of the molecule is Cc1cc(C)n(N=Cc2ccco2)c(=O)c1C(N)=O. The van der Waals surface area contributed by atoms with E-state index in [9.17, 15) is 9.59 Å². The van der Waals surface area contributed by atoms with Crippen molar-refractivity contribution < 1.29 is 9.21 Å². The van der Waals surface area contributed by atoms with Crippen molar-refractivity contribution in [3.05, 3.63) is 57.4 Å². The average molecular weight is 259 g/mol. The molecule has 0 bridgehead atoms. The van der Waals surface area contributed by atoms with E-state index in [1.54, 1.807) is 32.0 Å². The smallest absolute Gasteiger partial charge is 0.284 e. The Morgan fingerprint density at radius 3 is 2.79 bits per heavy atom. The van der Waals surface area contributed by atoms with Gasteiger partial charge >= 0.3 is 0 Å². The summed E-state index contributed by atoms with van der Waals surface area (Å²) >= 11 is 0. The Kier molecular flexibility index (Phi) is 3.33. The maximum absolute atomic E-state index is 12.1. The number of aryl methyl sites for hydroxylation is 2. The van der Waals surface area contributed by atoms with Gasteiger partial charge in [0, 0.05) is 5.69 Å². The maximum Gasteiger partial charge on any atom is 0.284 e. The Labute approximate surface area is 109 Å². The lowest BCUT2D eigenvalue weighted by Crippen LogP contribution is -2.30. The second-order valence-corrected chi connectivity index (χ2v) is 4.08. The van der Waals surface area contributed by atoms with Crippen molar-refractivity contribution in [2.24, 2.45) is 10.8 Å². The molecule has 0 aliphatic carbocycles. The lowest BCUT2D eigenvalue weighted by molar-refractivity contribution is 0.0997. The molecule has 0 aliphatic heterocycles. The number of nitrogens with zero attached hydrogens (tertiary/aromatic N) is 2. The number of carbonyl (C=O) groups excluding carboxylic acids is 1. The molecular weight excluding hydrogens is 246 g/mol. The van der Waals surface area contributed by atoms with Gasteiger partial charge in [-0.25, -0.2) is 4.68 Å². The molecule has 0 atom stereocenters. The van der Waals surface area contributed by atoms with E-state index < -0.39 is 11.5 Å². The first-order valence-corrected chi connectivity index (χ1v) is 5.61. The van der Waals surface area contributed by atoms with Crippen molar-refractivity contribution in [1.29, 1.82) is 0 Å². The van der Waals surface area contributed by atoms with E-state index in [0.717, 1.165) is 4.68 Å². The van der Waals surface area contributed by atoms with E-state index in [0.29, 0.717) is 17.0 Å². The third kappa shape index (κ3) is 2.47. The number of nitrogens with two attached hydrogens (primary N) is 1. The van der Waals surface area contributed by atoms with Crippen molar-refractivity contribution in [2.45, 2.75) is 13.8 Å². The van der Waals surface area contributed by atoms with Gasteiger partial charge in [-0.15, -0.1) is 0 Å². The third-order valence-corrected chi connectivity index (χ3v) is 2.65. The fraction of sp³-hybridized carbons (Fsp3) is 0.154. The van der Waals surface area contributed by atoms with Gasteiger partial charge in [-0.05, 0) is 37.6 Å². The molecule has 2 N–H and O–H groups in total. The molecule has 0 aliphatic rings. The van der Waals surface area contributed by atoms with Crippen LogP contribution in [0.5, 0.6) is 0 Å². The largest absolute Gasteiger partial charge is 0.463 e. The van der Waals surface area contributed by atoms with Crippen LogP contribution < -0.4 is 11.3 Å². The monoisotopic (exact) mass is 259 g/mol. The third-order valence-electron chi connectivity index (χ3n) is 2.65. The van der Waals surface area contributed by atoms with Gasteiger partial charge in [0.2, 0.25) is 0 Å².